The Kier molecular flexibility index (Phi) is 5.17. The number of aromatic nitrogens is 1. The van der Waals surface area contributed by atoms with Crippen molar-refractivity contribution in [2.45, 2.75) is 37.8 Å². The van der Waals surface area contributed by atoms with Crippen molar-refractivity contribution >= 4 is 17.6 Å². The lowest BCUT2D eigenvalue weighted by molar-refractivity contribution is -0.146. The van der Waals surface area contributed by atoms with Crippen molar-refractivity contribution in [3.63, 3.8) is 0 Å². The van der Waals surface area contributed by atoms with Crippen LogP contribution < -0.4 is 5.32 Å². The highest BCUT2D eigenvalue weighted by molar-refractivity contribution is 5.97. The molecule has 4 rings (SSSR count). The molecule has 8 heteroatoms. The van der Waals surface area contributed by atoms with Crippen LogP contribution in [0.15, 0.2) is 42.6 Å². The minimum absolute atomic E-state index is 0.0765. The molecule has 1 aromatic carbocycles. The molecule has 2 saturated heterocycles. The second kappa shape index (κ2) is 7.77. The van der Waals surface area contributed by atoms with E-state index in [1.165, 1.54) is 6.07 Å². The number of nitrogens with zero attached hydrogens (tertiary/aromatic N) is 3. The van der Waals surface area contributed by atoms with Gasteiger partial charge in [-0.25, -0.2) is 13.6 Å². The third kappa shape index (κ3) is 3.66. The summed E-state index contributed by atoms with van der Waals surface area (Å²) in [6.45, 7) is 1.47. The molecule has 1 atom stereocenters. The predicted octanol–water partition coefficient (Wildman–Crippen LogP) is 3.55. The van der Waals surface area contributed by atoms with E-state index in [2.05, 4.69) is 10.3 Å². The van der Waals surface area contributed by atoms with Gasteiger partial charge in [-0.3, -0.25) is 9.78 Å². The van der Waals surface area contributed by atoms with Gasteiger partial charge < -0.3 is 15.1 Å². The molecule has 2 aliphatic heterocycles. The molecule has 29 heavy (non-hydrogen) atoms. The summed E-state index contributed by atoms with van der Waals surface area (Å²) < 4.78 is 26.6. The van der Waals surface area contributed by atoms with E-state index in [4.69, 9.17) is 0 Å². The molecule has 6 nitrogen and oxygen atoms in total. The summed E-state index contributed by atoms with van der Waals surface area (Å²) in [6, 6.07) is 8.30. The first-order valence-corrected chi connectivity index (χ1v) is 9.72. The van der Waals surface area contributed by atoms with Crippen LogP contribution in [0.3, 0.4) is 0 Å². The van der Waals surface area contributed by atoms with Crippen molar-refractivity contribution in [2.75, 3.05) is 18.4 Å². The molecule has 3 amide bonds. The van der Waals surface area contributed by atoms with Crippen LogP contribution in [-0.2, 0) is 11.3 Å². The maximum absolute atomic E-state index is 13.5. The number of carbonyl (C=O) groups is 2. The molecule has 2 aliphatic rings. The van der Waals surface area contributed by atoms with E-state index in [1.807, 2.05) is 18.2 Å². The lowest BCUT2D eigenvalue weighted by atomic mass is 9.85. The molecular weight excluding hydrogens is 378 g/mol. The van der Waals surface area contributed by atoms with Crippen LogP contribution in [0, 0.1) is 11.6 Å². The van der Waals surface area contributed by atoms with E-state index in [0.29, 0.717) is 38.9 Å². The molecule has 2 aromatic rings. The number of urea groups is 1. The Labute approximate surface area is 167 Å². The van der Waals surface area contributed by atoms with Gasteiger partial charge in [0.15, 0.2) is 11.6 Å². The van der Waals surface area contributed by atoms with Gasteiger partial charge in [0.1, 0.15) is 5.54 Å². The Hall–Kier alpha value is -3.03. The number of hydrogen-bond acceptors (Lipinski definition) is 3. The number of hydrogen-bond donors (Lipinski definition) is 1. The van der Waals surface area contributed by atoms with E-state index >= 15 is 0 Å². The third-order valence-electron chi connectivity index (χ3n) is 5.69. The van der Waals surface area contributed by atoms with Crippen LogP contribution in [0.2, 0.25) is 0 Å². The van der Waals surface area contributed by atoms with Crippen LogP contribution >= 0.6 is 0 Å². The Balaban J connectivity index is 1.52. The van der Waals surface area contributed by atoms with Gasteiger partial charge in [-0.1, -0.05) is 6.07 Å². The van der Waals surface area contributed by atoms with Gasteiger partial charge >= 0.3 is 6.03 Å². The first-order valence-electron chi connectivity index (χ1n) is 9.72. The van der Waals surface area contributed by atoms with Gasteiger partial charge in [-0.2, -0.15) is 0 Å². The number of halogens is 2. The van der Waals surface area contributed by atoms with Gasteiger partial charge in [-0.05, 0) is 49.9 Å². The molecule has 1 aromatic heterocycles. The first-order chi connectivity index (χ1) is 14.0. The fourth-order valence-electron chi connectivity index (χ4n) is 4.32. The minimum atomic E-state index is -1.03. The largest absolute Gasteiger partial charge is 0.335 e. The zero-order chi connectivity index (χ0) is 20.4. The molecule has 2 fully saturated rings. The Morgan fingerprint density at radius 1 is 1.10 bits per heavy atom. The number of pyridine rings is 1. The molecule has 0 bridgehead atoms. The molecule has 0 saturated carbocycles. The monoisotopic (exact) mass is 400 g/mol. The maximum Gasteiger partial charge on any atom is 0.322 e. The van der Waals surface area contributed by atoms with E-state index in [1.54, 1.807) is 16.0 Å². The molecule has 0 aliphatic carbocycles. The van der Waals surface area contributed by atoms with Crippen molar-refractivity contribution in [3.8, 4) is 0 Å². The van der Waals surface area contributed by atoms with Crippen LogP contribution in [0.1, 0.15) is 31.4 Å². The first kappa shape index (κ1) is 19.3. The summed E-state index contributed by atoms with van der Waals surface area (Å²) in [6.07, 6.45) is 4.38. The number of piperidine rings is 1. The number of carbonyl (C=O) groups excluding carboxylic acids is 2. The number of benzene rings is 1. The van der Waals surface area contributed by atoms with Gasteiger partial charge in [-0.15, -0.1) is 0 Å². The van der Waals surface area contributed by atoms with E-state index < -0.39 is 23.2 Å². The normalized spacial score (nSPS) is 21.7. The van der Waals surface area contributed by atoms with Gasteiger partial charge in [0.2, 0.25) is 5.91 Å². The summed E-state index contributed by atoms with van der Waals surface area (Å²) in [5.41, 5.74) is 0.0635. The van der Waals surface area contributed by atoms with Crippen LogP contribution in [0.25, 0.3) is 0 Å². The van der Waals surface area contributed by atoms with Crippen molar-refractivity contribution in [1.29, 1.82) is 0 Å². The number of amides is 3. The van der Waals surface area contributed by atoms with Crippen molar-refractivity contribution in [2.24, 2.45) is 0 Å². The highest BCUT2D eigenvalue weighted by Gasteiger charge is 2.52. The third-order valence-corrected chi connectivity index (χ3v) is 5.69. The van der Waals surface area contributed by atoms with Crippen molar-refractivity contribution in [3.05, 3.63) is 59.9 Å². The molecule has 1 spiro atoms. The zero-order valence-electron chi connectivity index (χ0n) is 15.9. The average molecular weight is 400 g/mol. The Morgan fingerprint density at radius 3 is 2.62 bits per heavy atom. The fraction of sp³-hybridized carbons (Fsp3) is 0.381. The predicted molar refractivity (Wildman–Crippen MR) is 103 cm³/mol. The Morgan fingerprint density at radius 2 is 1.90 bits per heavy atom. The lowest BCUT2D eigenvalue weighted by Gasteiger charge is -2.44. The van der Waals surface area contributed by atoms with E-state index in [9.17, 15) is 18.4 Å². The van der Waals surface area contributed by atoms with Crippen molar-refractivity contribution in [1.82, 2.24) is 14.8 Å². The van der Waals surface area contributed by atoms with Crippen molar-refractivity contribution < 1.29 is 18.4 Å². The molecule has 0 radical (unpaired) electrons. The van der Waals surface area contributed by atoms with Gasteiger partial charge in [0, 0.05) is 31.0 Å². The van der Waals surface area contributed by atoms with Gasteiger partial charge in [0.05, 0.1) is 12.2 Å². The zero-order valence-corrected chi connectivity index (χ0v) is 15.9. The minimum Gasteiger partial charge on any atom is -0.335 e. The molecule has 3 heterocycles. The van der Waals surface area contributed by atoms with Crippen LogP contribution in [0.5, 0.6) is 0 Å². The summed E-state index contributed by atoms with van der Waals surface area (Å²) in [5.74, 6) is -2.09. The quantitative estimate of drug-likeness (QED) is 0.857. The number of rotatable bonds is 3. The molecular formula is C21H22F2N4O2. The van der Waals surface area contributed by atoms with E-state index in [-0.39, 0.29) is 11.6 Å². The summed E-state index contributed by atoms with van der Waals surface area (Å²) in [4.78, 5) is 33.9. The van der Waals surface area contributed by atoms with Crippen LogP contribution in [0.4, 0.5) is 19.3 Å². The fourth-order valence-corrected chi connectivity index (χ4v) is 4.32. The molecule has 152 valence electrons. The number of likely N-dealkylation sites (tertiary alicyclic amines) is 2. The van der Waals surface area contributed by atoms with Gasteiger partial charge in [0.25, 0.3) is 0 Å². The molecule has 1 N–H and O–H groups in total. The number of nitrogens with one attached hydrogen (secondary N) is 1. The summed E-state index contributed by atoms with van der Waals surface area (Å²) in [7, 11) is 0. The second-order valence-corrected chi connectivity index (χ2v) is 7.50. The van der Waals surface area contributed by atoms with E-state index in [0.717, 1.165) is 24.2 Å². The molecule has 1 unspecified atom stereocenters. The smallest absolute Gasteiger partial charge is 0.322 e. The summed E-state index contributed by atoms with van der Waals surface area (Å²) in [5, 5.41) is 2.61. The SMILES string of the molecule is O=C(Nc1ccc(F)c(F)c1)N1CCCC12CCCN(Cc1ccccn1)C2=O. The number of anilines is 1. The highest BCUT2D eigenvalue weighted by atomic mass is 19.2. The summed E-state index contributed by atoms with van der Waals surface area (Å²) >= 11 is 0. The highest BCUT2D eigenvalue weighted by Crippen LogP contribution is 2.39. The average Bonchev–Trinajstić information content (AvgIpc) is 3.14. The van der Waals surface area contributed by atoms with Crippen LogP contribution in [-0.4, -0.2) is 45.4 Å². The standard InChI is InChI=1S/C21H22F2N4O2/c22-17-7-6-15(13-18(17)23)25-20(29)27-12-4-9-21(27)8-3-11-26(19(21)28)14-16-5-1-2-10-24-16/h1-2,5-7,10,13H,3-4,8-9,11-12,14H2,(H,25,29). The topological polar surface area (TPSA) is 65.5 Å². The second-order valence-electron chi connectivity index (χ2n) is 7.50. The maximum atomic E-state index is 13.5. The lowest BCUT2D eigenvalue weighted by Crippen LogP contribution is -2.61. The Bertz CT molecular complexity index is 924.